The molecule has 1 aliphatic heterocycles. The van der Waals surface area contributed by atoms with E-state index >= 15 is 0 Å². The standard InChI is InChI=1S/C20H34N4O4/c1-20(2,3)28-19(26)24-10-8-15(9-11-24)13-21-18(25)22-14-16(23(4)5)17-7-6-12-27-17/h6-7,12,15-16H,8-11,13-14H2,1-5H3,(H2,21,22,25). The zero-order valence-corrected chi connectivity index (χ0v) is 17.7. The lowest BCUT2D eigenvalue weighted by molar-refractivity contribution is 0.0184. The van der Waals surface area contributed by atoms with Crippen LogP contribution in [0.4, 0.5) is 9.59 Å². The van der Waals surface area contributed by atoms with Crippen LogP contribution in [-0.2, 0) is 4.74 Å². The quantitative estimate of drug-likeness (QED) is 0.775. The second-order valence-corrected chi connectivity index (χ2v) is 8.50. The van der Waals surface area contributed by atoms with Gasteiger partial charge in [0, 0.05) is 26.2 Å². The monoisotopic (exact) mass is 394 g/mol. The van der Waals surface area contributed by atoms with E-state index in [1.807, 2.05) is 51.9 Å². The van der Waals surface area contributed by atoms with Crippen molar-refractivity contribution in [2.24, 2.45) is 5.92 Å². The molecule has 1 atom stereocenters. The molecular weight excluding hydrogens is 360 g/mol. The highest BCUT2D eigenvalue weighted by Crippen LogP contribution is 2.19. The van der Waals surface area contributed by atoms with Crippen molar-refractivity contribution >= 4 is 12.1 Å². The molecule has 3 amide bonds. The lowest BCUT2D eigenvalue weighted by Crippen LogP contribution is -2.45. The number of hydrogen-bond acceptors (Lipinski definition) is 5. The fourth-order valence-corrected chi connectivity index (χ4v) is 3.15. The third kappa shape index (κ3) is 7.07. The van der Waals surface area contributed by atoms with Gasteiger partial charge in [0.15, 0.2) is 0 Å². The molecule has 1 saturated heterocycles. The lowest BCUT2D eigenvalue weighted by Gasteiger charge is -2.33. The van der Waals surface area contributed by atoms with E-state index in [-0.39, 0.29) is 18.2 Å². The van der Waals surface area contributed by atoms with Gasteiger partial charge in [0.2, 0.25) is 0 Å². The Morgan fingerprint density at radius 3 is 2.50 bits per heavy atom. The molecule has 0 bridgehead atoms. The van der Waals surface area contributed by atoms with Crippen LogP contribution in [0.5, 0.6) is 0 Å². The van der Waals surface area contributed by atoms with Crippen LogP contribution < -0.4 is 10.6 Å². The molecule has 1 aliphatic rings. The zero-order chi connectivity index (χ0) is 20.7. The molecular formula is C20H34N4O4. The minimum absolute atomic E-state index is 0.0159. The van der Waals surface area contributed by atoms with Gasteiger partial charge in [-0.15, -0.1) is 0 Å². The molecule has 2 N–H and O–H groups in total. The summed E-state index contributed by atoms with van der Waals surface area (Å²) in [6.07, 6.45) is 3.08. The molecule has 0 spiro atoms. The van der Waals surface area contributed by atoms with Gasteiger partial charge in [0.25, 0.3) is 0 Å². The van der Waals surface area contributed by atoms with Gasteiger partial charge in [-0.05, 0) is 65.8 Å². The first-order chi connectivity index (χ1) is 13.2. The highest BCUT2D eigenvalue weighted by molar-refractivity contribution is 5.73. The number of likely N-dealkylation sites (tertiary alicyclic amines) is 1. The van der Waals surface area contributed by atoms with Gasteiger partial charge in [0.1, 0.15) is 11.4 Å². The van der Waals surface area contributed by atoms with E-state index in [4.69, 9.17) is 9.15 Å². The van der Waals surface area contributed by atoms with Crippen LogP contribution in [0.15, 0.2) is 22.8 Å². The second kappa shape index (κ2) is 9.82. The van der Waals surface area contributed by atoms with Crippen LogP contribution in [0.3, 0.4) is 0 Å². The highest BCUT2D eigenvalue weighted by atomic mass is 16.6. The third-order valence-electron chi connectivity index (χ3n) is 4.77. The SMILES string of the molecule is CN(C)C(CNC(=O)NCC1CCN(C(=O)OC(C)(C)C)CC1)c1ccco1. The van der Waals surface area contributed by atoms with Crippen LogP contribution in [0.2, 0.25) is 0 Å². The summed E-state index contributed by atoms with van der Waals surface area (Å²) >= 11 is 0. The zero-order valence-electron chi connectivity index (χ0n) is 17.7. The molecule has 158 valence electrons. The van der Waals surface area contributed by atoms with Crippen LogP contribution in [0, 0.1) is 5.92 Å². The molecule has 28 heavy (non-hydrogen) atoms. The van der Waals surface area contributed by atoms with Gasteiger partial charge >= 0.3 is 12.1 Å². The van der Waals surface area contributed by atoms with Gasteiger partial charge in [-0.3, -0.25) is 4.90 Å². The Hall–Kier alpha value is -2.22. The van der Waals surface area contributed by atoms with Crippen molar-refractivity contribution in [3.8, 4) is 0 Å². The van der Waals surface area contributed by atoms with Crippen molar-refractivity contribution in [2.75, 3.05) is 40.3 Å². The van der Waals surface area contributed by atoms with Crippen molar-refractivity contribution in [3.05, 3.63) is 24.2 Å². The highest BCUT2D eigenvalue weighted by Gasteiger charge is 2.27. The van der Waals surface area contributed by atoms with E-state index in [0.717, 1.165) is 18.6 Å². The number of furan rings is 1. The van der Waals surface area contributed by atoms with Crippen LogP contribution in [0.1, 0.15) is 45.4 Å². The summed E-state index contributed by atoms with van der Waals surface area (Å²) < 4.78 is 10.9. The summed E-state index contributed by atoms with van der Waals surface area (Å²) in [6, 6.07) is 3.55. The van der Waals surface area contributed by atoms with Gasteiger partial charge in [0.05, 0.1) is 12.3 Å². The van der Waals surface area contributed by atoms with E-state index in [2.05, 4.69) is 10.6 Å². The topological polar surface area (TPSA) is 87.1 Å². The summed E-state index contributed by atoms with van der Waals surface area (Å²) in [4.78, 5) is 28.0. The molecule has 8 heteroatoms. The Labute approximate surface area is 167 Å². The van der Waals surface area contributed by atoms with E-state index in [9.17, 15) is 9.59 Å². The Morgan fingerprint density at radius 2 is 1.96 bits per heavy atom. The Kier molecular flexibility index (Phi) is 7.74. The Bertz CT molecular complexity index is 617. The lowest BCUT2D eigenvalue weighted by atomic mass is 9.97. The smallest absolute Gasteiger partial charge is 0.410 e. The number of amides is 3. The number of urea groups is 1. The maximum atomic E-state index is 12.2. The molecule has 0 radical (unpaired) electrons. The normalized spacial score (nSPS) is 16.7. The number of ether oxygens (including phenoxy) is 1. The molecule has 1 aromatic rings. The molecule has 0 aliphatic carbocycles. The van der Waals surface area contributed by atoms with Gasteiger partial charge in [-0.2, -0.15) is 0 Å². The van der Waals surface area contributed by atoms with Crippen molar-refractivity contribution in [1.29, 1.82) is 0 Å². The first kappa shape index (κ1) is 22.1. The summed E-state index contributed by atoms with van der Waals surface area (Å²) in [5.74, 6) is 1.18. The van der Waals surface area contributed by atoms with Gasteiger partial charge < -0.3 is 24.7 Å². The number of rotatable bonds is 6. The molecule has 1 aromatic heterocycles. The first-order valence-electron chi connectivity index (χ1n) is 9.85. The van der Waals surface area contributed by atoms with Crippen molar-refractivity contribution < 1.29 is 18.7 Å². The van der Waals surface area contributed by atoms with E-state index in [1.165, 1.54) is 0 Å². The molecule has 0 aromatic carbocycles. The summed E-state index contributed by atoms with van der Waals surface area (Å²) in [5, 5.41) is 5.85. The first-order valence-corrected chi connectivity index (χ1v) is 9.85. The Balaban J connectivity index is 1.68. The van der Waals surface area contributed by atoms with Gasteiger partial charge in [-0.1, -0.05) is 0 Å². The second-order valence-electron chi connectivity index (χ2n) is 8.50. The number of hydrogen-bond donors (Lipinski definition) is 2. The van der Waals surface area contributed by atoms with E-state index in [1.54, 1.807) is 11.2 Å². The Morgan fingerprint density at radius 1 is 1.29 bits per heavy atom. The van der Waals surface area contributed by atoms with E-state index < -0.39 is 5.60 Å². The number of carbonyl (C=O) groups excluding carboxylic acids is 2. The minimum atomic E-state index is -0.479. The predicted octanol–water partition coefficient (Wildman–Crippen LogP) is 2.83. The molecule has 8 nitrogen and oxygen atoms in total. The van der Waals surface area contributed by atoms with Crippen molar-refractivity contribution in [2.45, 2.75) is 45.3 Å². The third-order valence-corrected chi connectivity index (χ3v) is 4.77. The molecule has 2 heterocycles. The maximum absolute atomic E-state index is 12.2. The average Bonchev–Trinajstić information content (AvgIpc) is 3.13. The van der Waals surface area contributed by atoms with Crippen LogP contribution in [0.25, 0.3) is 0 Å². The molecule has 1 fully saturated rings. The van der Waals surface area contributed by atoms with Crippen LogP contribution >= 0.6 is 0 Å². The van der Waals surface area contributed by atoms with Crippen molar-refractivity contribution in [3.63, 3.8) is 0 Å². The molecule has 1 unspecified atom stereocenters. The number of nitrogens with one attached hydrogen (secondary N) is 2. The summed E-state index contributed by atoms with van der Waals surface area (Å²) in [6.45, 7) is 7.98. The molecule has 0 saturated carbocycles. The molecule has 2 rings (SSSR count). The van der Waals surface area contributed by atoms with Crippen molar-refractivity contribution in [1.82, 2.24) is 20.4 Å². The fourth-order valence-electron chi connectivity index (χ4n) is 3.15. The maximum Gasteiger partial charge on any atom is 0.410 e. The predicted molar refractivity (Wildman–Crippen MR) is 107 cm³/mol. The van der Waals surface area contributed by atoms with Crippen LogP contribution in [-0.4, -0.2) is 67.8 Å². The van der Waals surface area contributed by atoms with Gasteiger partial charge in [-0.25, -0.2) is 9.59 Å². The summed E-state index contributed by atoms with van der Waals surface area (Å²) in [5.41, 5.74) is -0.479. The fraction of sp³-hybridized carbons (Fsp3) is 0.700. The average molecular weight is 395 g/mol. The number of nitrogens with zero attached hydrogens (tertiary/aromatic N) is 2. The number of carbonyl (C=O) groups is 2. The number of piperidine rings is 1. The van der Waals surface area contributed by atoms with E-state index in [0.29, 0.717) is 32.1 Å². The number of likely N-dealkylation sites (N-methyl/N-ethyl adjacent to an activating group) is 1. The minimum Gasteiger partial charge on any atom is -0.468 e. The largest absolute Gasteiger partial charge is 0.468 e. The summed E-state index contributed by atoms with van der Waals surface area (Å²) in [7, 11) is 3.90.